The molecule has 0 saturated heterocycles. The molecule has 2 amide bonds. The van der Waals surface area contributed by atoms with Crippen LogP contribution in [0.4, 0.5) is 10.1 Å². The van der Waals surface area contributed by atoms with Gasteiger partial charge < -0.3 is 10.2 Å². The van der Waals surface area contributed by atoms with E-state index in [2.05, 4.69) is 5.32 Å². The maximum atomic E-state index is 14.6. The van der Waals surface area contributed by atoms with Gasteiger partial charge in [0.25, 0.3) is 10.0 Å². The van der Waals surface area contributed by atoms with Gasteiger partial charge >= 0.3 is 0 Å². The summed E-state index contributed by atoms with van der Waals surface area (Å²) in [6.07, 6.45) is 0.665. The summed E-state index contributed by atoms with van der Waals surface area (Å²) in [6.45, 7) is 4.29. The summed E-state index contributed by atoms with van der Waals surface area (Å²) in [4.78, 5) is 28.0. The summed E-state index contributed by atoms with van der Waals surface area (Å²) in [5.41, 5.74) is 0.205. The van der Waals surface area contributed by atoms with Gasteiger partial charge in [0.15, 0.2) is 0 Å². The SMILES string of the molecule is CC[C@H](C)NC(=O)[C@H](C)N(Cc1ccccc1F)C(=O)CN(c1ccc(Cl)cc1Cl)S(=O)(=O)c1ccccc1. The first kappa shape index (κ1) is 30.4. The van der Waals surface area contributed by atoms with E-state index in [9.17, 15) is 22.4 Å². The summed E-state index contributed by atoms with van der Waals surface area (Å²) in [5, 5.41) is 3.12. The zero-order valence-corrected chi connectivity index (χ0v) is 24.1. The zero-order chi connectivity index (χ0) is 28.7. The van der Waals surface area contributed by atoms with Crippen molar-refractivity contribution < 1.29 is 22.4 Å². The number of hydrogen-bond donors (Lipinski definition) is 1. The van der Waals surface area contributed by atoms with Gasteiger partial charge in [-0.2, -0.15) is 0 Å². The third kappa shape index (κ3) is 7.50. The molecular formula is C28H30Cl2FN3O4S. The molecule has 208 valence electrons. The second-order valence-corrected chi connectivity index (χ2v) is 11.7. The van der Waals surface area contributed by atoms with E-state index in [0.717, 1.165) is 9.21 Å². The highest BCUT2D eigenvalue weighted by molar-refractivity contribution is 7.92. The number of carbonyl (C=O) groups excluding carboxylic acids is 2. The molecule has 0 saturated carbocycles. The van der Waals surface area contributed by atoms with E-state index in [4.69, 9.17) is 23.2 Å². The van der Waals surface area contributed by atoms with Gasteiger partial charge in [-0.3, -0.25) is 13.9 Å². The Bertz CT molecular complexity index is 1420. The molecule has 0 aliphatic rings. The first-order valence-corrected chi connectivity index (χ1v) is 14.5. The molecule has 3 aromatic rings. The van der Waals surface area contributed by atoms with E-state index in [1.165, 1.54) is 55.5 Å². The number of anilines is 1. The second kappa shape index (κ2) is 13.3. The van der Waals surface area contributed by atoms with Crippen molar-refractivity contribution in [3.63, 3.8) is 0 Å². The molecule has 0 aromatic heterocycles. The average Bonchev–Trinajstić information content (AvgIpc) is 2.91. The number of amides is 2. The van der Waals surface area contributed by atoms with Gasteiger partial charge in [0.2, 0.25) is 11.8 Å². The number of carbonyl (C=O) groups is 2. The predicted molar refractivity (Wildman–Crippen MR) is 152 cm³/mol. The number of sulfonamides is 1. The molecule has 2 atom stereocenters. The summed E-state index contributed by atoms with van der Waals surface area (Å²) >= 11 is 12.4. The van der Waals surface area contributed by atoms with Crippen LogP contribution in [0.1, 0.15) is 32.8 Å². The van der Waals surface area contributed by atoms with E-state index < -0.39 is 40.2 Å². The van der Waals surface area contributed by atoms with Crippen molar-refractivity contribution in [3.8, 4) is 0 Å². The summed E-state index contributed by atoms with van der Waals surface area (Å²) in [7, 11) is -4.28. The monoisotopic (exact) mass is 593 g/mol. The van der Waals surface area contributed by atoms with Gasteiger partial charge in [-0.25, -0.2) is 12.8 Å². The molecule has 7 nitrogen and oxygen atoms in total. The van der Waals surface area contributed by atoms with Crippen LogP contribution < -0.4 is 9.62 Å². The Labute approximate surface area is 238 Å². The minimum Gasteiger partial charge on any atom is -0.352 e. The molecule has 0 fully saturated rings. The molecule has 0 unspecified atom stereocenters. The molecule has 11 heteroatoms. The standard InChI is InChI=1S/C28H30Cl2FN3O4S/c1-4-19(2)32-28(36)20(3)33(17-21-10-8-9-13-25(21)31)27(35)18-34(26-15-14-22(29)16-24(26)30)39(37,38)23-11-6-5-7-12-23/h5-16,19-20H,4,17-18H2,1-3H3,(H,32,36)/t19-,20-/m0/s1. The molecule has 1 N–H and O–H groups in total. The largest absolute Gasteiger partial charge is 0.352 e. The highest BCUT2D eigenvalue weighted by atomic mass is 35.5. The van der Waals surface area contributed by atoms with Crippen LogP contribution in [0, 0.1) is 5.82 Å². The van der Waals surface area contributed by atoms with Crippen LogP contribution in [-0.2, 0) is 26.2 Å². The molecule has 3 rings (SSSR count). The van der Waals surface area contributed by atoms with E-state index in [1.54, 1.807) is 24.3 Å². The molecule has 3 aromatic carbocycles. The number of nitrogens with one attached hydrogen (secondary N) is 1. The van der Waals surface area contributed by atoms with Crippen LogP contribution in [0.25, 0.3) is 0 Å². The quantitative estimate of drug-likeness (QED) is 0.311. The van der Waals surface area contributed by atoms with Crippen molar-refractivity contribution in [2.75, 3.05) is 10.8 Å². The first-order valence-electron chi connectivity index (χ1n) is 12.3. The van der Waals surface area contributed by atoms with Crippen LogP contribution in [0.5, 0.6) is 0 Å². The maximum absolute atomic E-state index is 14.6. The lowest BCUT2D eigenvalue weighted by molar-refractivity contribution is -0.139. The summed E-state index contributed by atoms with van der Waals surface area (Å²) in [5.74, 6) is -1.73. The molecule has 0 aliphatic carbocycles. The van der Waals surface area contributed by atoms with Crippen molar-refractivity contribution in [1.82, 2.24) is 10.2 Å². The molecule has 0 bridgehead atoms. The highest BCUT2D eigenvalue weighted by Gasteiger charge is 2.33. The first-order chi connectivity index (χ1) is 18.4. The van der Waals surface area contributed by atoms with Crippen molar-refractivity contribution in [1.29, 1.82) is 0 Å². The summed E-state index contributed by atoms with van der Waals surface area (Å²) in [6, 6.07) is 16.5. The Balaban J connectivity index is 2.06. The van der Waals surface area contributed by atoms with Crippen LogP contribution >= 0.6 is 23.2 Å². The lowest BCUT2D eigenvalue weighted by atomic mass is 10.1. The number of nitrogens with zero attached hydrogens (tertiary/aromatic N) is 2. The fraction of sp³-hybridized carbons (Fsp3) is 0.286. The molecule has 0 heterocycles. The van der Waals surface area contributed by atoms with E-state index in [1.807, 2.05) is 13.8 Å². The Kier molecular flexibility index (Phi) is 10.4. The van der Waals surface area contributed by atoms with Crippen molar-refractivity contribution in [2.45, 2.75) is 50.7 Å². The second-order valence-electron chi connectivity index (χ2n) is 9.03. The number of halogens is 3. The molecule has 39 heavy (non-hydrogen) atoms. The Hall–Kier alpha value is -3.14. The highest BCUT2D eigenvalue weighted by Crippen LogP contribution is 2.33. The molecule has 0 spiro atoms. The number of hydrogen-bond acceptors (Lipinski definition) is 4. The van der Waals surface area contributed by atoms with Gasteiger partial charge in [-0.15, -0.1) is 0 Å². The number of benzene rings is 3. The van der Waals surface area contributed by atoms with Crippen LogP contribution in [0.3, 0.4) is 0 Å². The van der Waals surface area contributed by atoms with Gasteiger partial charge in [0.05, 0.1) is 15.6 Å². The van der Waals surface area contributed by atoms with Gasteiger partial charge in [-0.1, -0.05) is 66.5 Å². The minimum absolute atomic E-state index is 0.0121. The van der Waals surface area contributed by atoms with Crippen molar-refractivity contribution in [3.05, 3.63) is 94.2 Å². The third-order valence-corrected chi connectivity index (χ3v) is 8.57. The minimum atomic E-state index is -4.28. The molecule has 0 radical (unpaired) electrons. The lowest BCUT2D eigenvalue weighted by Gasteiger charge is -2.32. The van der Waals surface area contributed by atoms with E-state index in [0.29, 0.717) is 6.42 Å². The normalized spacial score (nSPS) is 12.9. The van der Waals surface area contributed by atoms with Crippen LogP contribution in [-0.4, -0.2) is 43.8 Å². The van der Waals surface area contributed by atoms with Gasteiger partial charge in [0, 0.05) is 23.2 Å². The maximum Gasteiger partial charge on any atom is 0.264 e. The summed E-state index contributed by atoms with van der Waals surface area (Å²) < 4.78 is 43.0. The van der Waals surface area contributed by atoms with Crippen LogP contribution in [0.15, 0.2) is 77.7 Å². The zero-order valence-electron chi connectivity index (χ0n) is 21.8. The predicted octanol–water partition coefficient (Wildman–Crippen LogP) is 5.66. The van der Waals surface area contributed by atoms with Crippen LogP contribution in [0.2, 0.25) is 10.0 Å². The number of rotatable bonds is 11. The van der Waals surface area contributed by atoms with Gasteiger partial charge in [0.1, 0.15) is 18.4 Å². The Morgan fingerprint density at radius 3 is 2.23 bits per heavy atom. The average molecular weight is 595 g/mol. The Morgan fingerprint density at radius 2 is 1.62 bits per heavy atom. The van der Waals surface area contributed by atoms with Crippen molar-refractivity contribution in [2.24, 2.45) is 0 Å². The smallest absolute Gasteiger partial charge is 0.264 e. The topological polar surface area (TPSA) is 86.8 Å². The van der Waals surface area contributed by atoms with E-state index >= 15 is 0 Å². The van der Waals surface area contributed by atoms with Crippen molar-refractivity contribution >= 4 is 50.7 Å². The fourth-order valence-corrected chi connectivity index (χ4v) is 5.79. The third-order valence-electron chi connectivity index (χ3n) is 6.26. The van der Waals surface area contributed by atoms with E-state index in [-0.39, 0.29) is 38.8 Å². The lowest BCUT2D eigenvalue weighted by Crippen LogP contribution is -2.52. The fourth-order valence-electron chi connectivity index (χ4n) is 3.77. The van der Waals surface area contributed by atoms with Gasteiger partial charge in [-0.05, 0) is 56.7 Å². The molecular weight excluding hydrogens is 564 g/mol. The molecule has 0 aliphatic heterocycles. The Morgan fingerprint density at radius 1 is 0.974 bits per heavy atom.